The molecular weight excluding hydrogens is 345 g/mol. The zero-order valence-electron chi connectivity index (χ0n) is 9.34. The molecule has 1 aliphatic rings. The number of nitrogens with two attached hydrogens (primary N) is 1. The molecule has 0 amide bonds. The van der Waals surface area contributed by atoms with Crippen molar-refractivity contribution in [1.29, 1.82) is 0 Å². The quantitative estimate of drug-likeness (QED) is 0.794. The van der Waals surface area contributed by atoms with Crippen LogP contribution in [0.25, 0.3) is 0 Å². The summed E-state index contributed by atoms with van der Waals surface area (Å²) in [6, 6.07) is 7.53. The average Bonchev–Trinajstić information content (AvgIpc) is 2.41. The highest BCUT2D eigenvalue weighted by Crippen LogP contribution is 2.35. The van der Waals surface area contributed by atoms with Gasteiger partial charge in [-0.15, -0.1) is 0 Å². The van der Waals surface area contributed by atoms with Crippen molar-refractivity contribution in [2.45, 2.75) is 6.10 Å². The minimum absolute atomic E-state index is 0.320. The van der Waals surface area contributed by atoms with Gasteiger partial charge in [0.1, 0.15) is 12.4 Å². The third-order valence-corrected chi connectivity index (χ3v) is 3.42. The van der Waals surface area contributed by atoms with Crippen LogP contribution >= 0.6 is 22.6 Å². The number of para-hydroxylation sites is 2. The molecule has 5 nitrogen and oxygen atoms in total. The molecule has 0 bridgehead atoms. The summed E-state index contributed by atoms with van der Waals surface area (Å²) < 4.78 is 12.2. The number of hydrogen-bond donors (Lipinski definition) is 1. The Balaban J connectivity index is 1.89. The van der Waals surface area contributed by atoms with Crippen LogP contribution in [0, 0.1) is 3.57 Å². The van der Waals surface area contributed by atoms with Crippen molar-refractivity contribution < 1.29 is 9.47 Å². The van der Waals surface area contributed by atoms with Gasteiger partial charge in [-0.25, -0.2) is 9.97 Å². The first-order valence-corrected chi connectivity index (χ1v) is 6.48. The topological polar surface area (TPSA) is 70.3 Å². The van der Waals surface area contributed by atoms with Crippen molar-refractivity contribution >= 4 is 28.4 Å². The molecule has 18 heavy (non-hydrogen) atoms. The Kier molecular flexibility index (Phi) is 2.94. The van der Waals surface area contributed by atoms with E-state index in [-0.39, 0.29) is 6.10 Å². The van der Waals surface area contributed by atoms with Gasteiger partial charge >= 0.3 is 0 Å². The maximum atomic E-state index is 5.80. The number of anilines is 1. The molecule has 1 aliphatic heterocycles. The summed E-state index contributed by atoms with van der Waals surface area (Å²) in [4.78, 5) is 8.46. The molecule has 0 saturated carbocycles. The van der Waals surface area contributed by atoms with Crippen molar-refractivity contribution in [2.75, 3.05) is 12.3 Å². The van der Waals surface area contributed by atoms with Gasteiger partial charge < -0.3 is 15.2 Å². The molecule has 2 N–H and O–H groups in total. The second-order valence-electron chi connectivity index (χ2n) is 3.83. The van der Waals surface area contributed by atoms with E-state index in [0.29, 0.717) is 24.0 Å². The van der Waals surface area contributed by atoms with Crippen LogP contribution in [0.3, 0.4) is 0 Å². The van der Waals surface area contributed by atoms with Crippen LogP contribution < -0.4 is 15.2 Å². The first-order chi connectivity index (χ1) is 8.74. The second kappa shape index (κ2) is 4.60. The molecule has 92 valence electrons. The zero-order valence-corrected chi connectivity index (χ0v) is 11.5. The number of aromatic nitrogens is 2. The normalized spacial score (nSPS) is 17.5. The number of fused-ring (bicyclic) bond motifs is 1. The standard InChI is InChI=1S/C12H10IN3O2/c13-7-5-15-12(16-11(7)14)10-6-17-8-3-1-2-4-9(8)18-10/h1-5,10H,6H2,(H2,14,15,16). The molecule has 3 rings (SSSR count). The molecule has 0 spiro atoms. The molecule has 0 radical (unpaired) electrons. The highest BCUT2D eigenvalue weighted by molar-refractivity contribution is 14.1. The summed E-state index contributed by atoms with van der Waals surface area (Å²) in [7, 11) is 0. The lowest BCUT2D eigenvalue weighted by molar-refractivity contribution is 0.0851. The first-order valence-electron chi connectivity index (χ1n) is 5.40. The van der Waals surface area contributed by atoms with Gasteiger partial charge in [-0.2, -0.15) is 0 Å². The van der Waals surface area contributed by atoms with Gasteiger partial charge in [0.2, 0.25) is 0 Å². The zero-order chi connectivity index (χ0) is 12.5. The lowest BCUT2D eigenvalue weighted by Gasteiger charge is -2.25. The molecule has 0 fully saturated rings. The van der Waals surface area contributed by atoms with Crippen molar-refractivity contribution in [3.63, 3.8) is 0 Å². The molecule has 1 aromatic heterocycles. The maximum Gasteiger partial charge on any atom is 0.192 e. The van der Waals surface area contributed by atoms with Crippen molar-refractivity contribution in [2.24, 2.45) is 0 Å². The van der Waals surface area contributed by atoms with Crippen LogP contribution in [0.15, 0.2) is 30.5 Å². The number of hydrogen-bond acceptors (Lipinski definition) is 5. The molecule has 1 atom stereocenters. The number of benzene rings is 1. The minimum Gasteiger partial charge on any atom is -0.485 e. The molecule has 0 saturated heterocycles. The Hall–Kier alpha value is -1.57. The van der Waals surface area contributed by atoms with Crippen LogP contribution in [-0.2, 0) is 0 Å². The number of nitrogens with zero attached hydrogens (tertiary/aromatic N) is 2. The van der Waals surface area contributed by atoms with Gasteiger partial charge in [0, 0.05) is 6.20 Å². The summed E-state index contributed by atoms with van der Waals surface area (Å²) in [5.74, 6) is 2.45. The highest BCUT2D eigenvalue weighted by Gasteiger charge is 2.24. The minimum atomic E-state index is -0.320. The van der Waals surface area contributed by atoms with E-state index in [0.717, 1.165) is 9.32 Å². The van der Waals surface area contributed by atoms with Crippen LogP contribution in [0.1, 0.15) is 11.9 Å². The summed E-state index contributed by atoms with van der Waals surface area (Å²) in [5, 5.41) is 0. The average molecular weight is 355 g/mol. The van der Waals surface area contributed by atoms with Crippen molar-refractivity contribution in [3.8, 4) is 11.5 Å². The van der Waals surface area contributed by atoms with Gasteiger partial charge in [-0.05, 0) is 34.7 Å². The van der Waals surface area contributed by atoms with E-state index < -0.39 is 0 Å². The van der Waals surface area contributed by atoms with Crippen LogP contribution in [0.4, 0.5) is 5.82 Å². The molecule has 1 unspecified atom stereocenters. The maximum absolute atomic E-state index is 5.80. The van der Waals surface area contributed by atoms with Crippen LogP contribution in [0.2, 0.25) is 0 Å². The SMILES string of the molecule is Nc1nc(C2COc3ccccc3O2)ncc1I. The number of nitrogen functional groups attached to an aromatic ring is 1. The van der Waals surface area contributed by atoms with E-state index in [1.807, 2.05) is 24.3 Å². The molecule has 2 aromatic rings. The summed E-state index contributed by atoms with van der Waals surface area (Å²) in [5.41, 5.74) is 5.77. The van der Waals surface area contributed by atoms with E-state index >= 15 is 0 Å². The number of halogens is 1. The van der Waals surface area contributed by atoms with E-state index in [2.05, 4.69) is 32.6 Å². The van der Waals surface area contributed by atoms with Gasteiger partial charge in [-0.1, -0.05) is 12.1 Å². The van der Waals surface area contributed by atoms with Gasteiger partial charge in [0.25, 0.3) is 0 Å². The van der Waals surface area contributed by atoms with Crippen molar-refractivity contribution in [1.82, 2.24) is 9.97 Å². The first kappa shape index (κ1) is 11.5. The molecule has 2 heterocycles. The predicted octanol–water partition coefficient (Wildman–Crippen LogP) is 2.18. The Morgan fingerprint density at radius 2 is 2.06 bits per heavy atom. The Morgan fingerprint density at radius 3 is 2.83 bits per heavy atom. The fourth-order valence-electron chi connectivity index (χ4n) is 1.70. The van der Waals surface area contributed by atoms with Gasteiger partial charge in [0.15, 0.2) is 23.4 Å². The fourth-order valence-corrected chi connectivity index (χ4v) is 1.96. The second-order valence-corrected chi connectivity index (χ2v) is 4.99. The van der Waals surface area contributed by atoms with E-state index in [1.54, 1.807) is 6.20 Å². The lowest BCUT2D eigenvalue weighted by atomic mass is 10.2. The van der Waals surface area contributed by atoms with E-state index in [9.17, 15) is 0 Å². The molecule has 1 aromatic carbocycles. The van der Waals surface area contributed by atoms with Crippen LogP contribution in [-0.4, -0.2) is 16.6 Å². The smallest absolute Gasteiger partial charge is 0.192 e. The van der Waals surface area contributed by atoms with E-state index in [4.69, 9.17) is 15.2 Å². The van der Waals surface area contributed by atoms with Crippen molar-refractivity contribution in [3.05, 3.63) is 39.9 Å². The Morgan fingerprint density at radius 1 is 1.28 bits per heavy atom. The lowest BCUT2D eigenvalue weighted by Crippen LogP contribution is -2.24. The van der Waals surface area contributed by atoms with Crippen LogP contribution in [0.5, 0.6) is 11.5 Å². The third kappa shape index (κ3) is 2.07. The van der Waals surface area contributed by atoms with Gasteiger partial charge in [0.05, 0.1) is 3.57 Å². The molecule has 6 heteroatoms. The molecular formula is C12H10IN3O2. The molecule has 0 aliphatic carbocycles. The Labute approximate surface area is 117 Å². The van der Waals surface area contributed by atoms with Gasteiger partial charge in [-0.3, -0.25) is 0 Å². The fraction of sp³-hybridized carbons (Fsp3) is 0.167. The number of ether oxygens (including phenoxy) is 2. The number of rotatable bonds is 1. The highest BCUT2D eigenvalue weighted by atomic mass is 127. The van der Waals surface area contributed by atoms with E-state index in [1.165, 1.54) is 0 Å². The Bertz CT molecular complexity index is 591. The summed E-state index contributed by atoms with van der Waals surface area (Å²) >= 11 is 2.09. The summed E-state index contributed by atoms with van der Waals surface area (Å²) in [6.45, 7) is 0.386. The largest absolute Gasteiger partial charge is 0.485 e. The monoisotopic (exact) mass is 355 g/mol. The summed E-state index contributed by atoms with van der Waals surface area (Å²) in [6.07, 6.45) is 1.36. The predicted molar refractivity (Wildman–Crippen MR) is 74.5 cm³/mol. The third-order valence-electron chi connectivity index (χ3n) is 2.59.